The van der Waals surface area contributed by atoms with Crippen LogP contribution in [0, 0.1) is 5.41 Å². The summed E-state index contributed by atoms with van der Waals surface area (Å²) in [6, 6.07) is 0.341. The Bertz CT molecular complexity index is 782. The Morgan fingerprint density at radius 3 is 2.45 bits per heavy atom. The highest BCUT2D eigenvalue weighted by Gasteiger charge is 2.38. The molecule has 3 N–H and O–H groups in total. The van der Waals surface area contributed by atoms with Crippen LogP contribution in [0.3, 0.4) is 0 Å². The molecule has 0 spiro atoms. The lowest BCUT2D eigenvalue weighted by atomic mass is 9.83. The van der Waals surface area contributed by atoms with Gasteiger partial charge in [-0.1, -0.05) is 12.1 Å². The first-order valence-corrected chi connectivity index (χ1v) is 11.0. The minimum absolute atomic E-state index is 0.000134. The van der Waals surface area contributed by atoms with Gasteiger partial charge in [0.1, 0.15) is 0 Å². The number of piperidine rings is 2. The van der Waals surface area contributed by atoms with Crippen molar-refractivity contribution in [2.24, 2.45) is 5.41 Å². The highest BCUT2D eigenvalue weighted by atomic mass is 19.4. The Labute approximate surface area is 190 Å². The number of likely N-dealkylation sites (tertiary alicyclic amines) is 2. The summed E-state index contributed by atoms with van der Waals surface area (Å²) in [5, 5.41) is 28.3. The van der Waals surface area contributed by atoms with E-state index in [1.807, 2.05) is 16.5 Å². The Kier molecular flexibility index (Phi) is 9.46. The van der Waals surface area contributed by atoms with Gasteiger partial charge in [-0.15, -0.1) is 5.10 Å². The van der Waals surface area contributed by atoms with E-state index in [2.05, 4.69) is 33.6 Å². The number of carboxylic acids is 1. The van der Waals surface area contributed by atoms with Crippen molar-refractivity contribution >= 4 is 12.0 Å². The second kappa shape index (κ2) is 11.6. The molecular weight excluding hydrogens is 445 g/mol. The van der Waals surface area contributed by atoms with Crippen LogP contribution in [0.2, 0.25) is 0 Å². The molecule has 188 valence electrons. The molecule has 1 unspecified atom stereocenters. The first-order valence-electron chi connectivity index (χ1n) is 11.0. The molecule has 2 aliphatic heterocycles. The van der Waals surface area contributed by atoms with Crippen molar-refractivity contribution in [3.05, 3.63) is 11.9 Å². The summed E-state index contributed by atoms with van der Waals surface area (Å²) < 4.78 is 33.7. The zero-order valence-corrected chi connectivity index (χ0v) is 19.0. The fourth-order valence-corrected chi connectivity index (χ4v) is 4.08. The minimum Gasteiger partial charge on any atom is -0.475 e. The maximum atomic E-state index is 11.9. The van der Waals surface area contributed by atoms with Crippen molar-refractivity contribution in [1.29, 1.82) is 0 Å². The number of hydrogen-bond acceptors (Lipinski definition) is 6. The van der Waals surface area contributed by atoms with Gasteiger partial charge in [0, 0.05) is 44.7 Å². The molecule has 13 heteroatoms. The Balaban J connectivity index is 0.000000479. The largest absolute Gasteiger partial charge is 0.490 e. The molecule has 1 atom stereocenters. The van der Waals surface area contributed by atoms with Gasteiger partial charge in [0.05, 0.1) is 17.9 Å². The highest BCUT2D eigenvalue weighted by molar-refractivity contribution is 5.74. The summed E-state index contributed by atoms with van der Waals surface area (Å²) in [6.45, 7) is 9.24. The Morgan fingerprint density at radius 1 is 1.27 bits per heavy atom. The van der Waals surface area contributed by atoms with Crippen molar-refractivity contribution in [3.8, 4) is 0 Å². The van der Waals surface area contributed by atoms with Crippen LogP contribution in [-0.2, 0) is 11.3 Å². The van der Waals surface area contributed by atoms with Crippen LogP contribution in [0.15, 0.2) is 6.20 Å². The second-order valence-electron chi connectivity index (χ2n) is 8.83. The molecule has 0 saturated carbocycles. The van der Waals surface area contributed by atoms with Crippen LogP contribution in [-0.4, -0.2) is 92.5 Å². The highest BCUT2D eigenvalue weighted by Crippen LogP contribution is 2.29. The number of rotatable bonds is 5. The molecule has 0 bridgehead atoms. The topological polar surface area (TPSA) is 124 Å². The van der Waals surface area contributed by atoms with E-state index in [1.54, 1.807) is 0 Å². The molecule has 2 aliphatic rings. The number of aliphatic hydroxyl groups is 1. The average Bonchev–Trinajstić information content (AvgIpc) is 3.22. The zero-order valence-electron chi connectivity index (χ0n) is 19.0. The van der Waals surface area contributed by atoms with E-state index in [0.29, 0.717) is 12.6 Å². The van der Waals surface area contributed by atoms with Gasteiger partial charge in [-0.05, 0) is 39.2 Å². The molecule has 10 nitrogen and oxygen atoms in total. The van der Waals surface area contributed by atoms with Gasteiger partial charge in [0.15, 0.2) is 0 Å². The van der Waals surface area contributed by atoms with E-state index in [1.165, 1.54) is 0 Å². The summed E-state index contributed by atoms with van der Waals surface area (Å²) in [5.74, 6) is -2.76. The van der Waals surface area contributed by atoms with Crippen LogP contribution in [0.1, 0.15) is 51.3 Å². The van der Waals surface area contributed by atoms with E-state index in [9.17, 15) is 23.1 Å². The normalized spacial score (nSPS) is 22.4. The van der Waals surface area contributed by atoms with E-state index in [4.69, 9.17) is 9.90 Å². The fourth-order valence-electron chi connectivity index (χ4n) is 4.08. The van der Waals surface area contributed by atoms with Gasteiger partial charge in [-0.25, -0.2) is 14.3 Å². The van der Waals surface area contributed by atoms with Crippen molar-refractivity contribution in [3.63, 3.8) is 0 Å². The molecule has 0 radical (unpaired) electrons. The number of carbonyl (C=O) groups excluding carboxylic acids is 1. The first-order chi connectivity index (χ1) is 15.5. The van der Waals surface area contributed by atoms with E-state index in [0.717, 1.165) is 64.1 Å². The number of halogens is 3. The number of nitrogens with zero attached hydrogens (tertiary/aromatic N) is 5. The molecule has 2 saturated heterocycles. The third-order valence-corrected chi connectivity index (χ3v) is 5.88. The van der Waals surface area contributed by atoms with Crippen molar-refractivity contribution in [2.45, 2.75) is 58.3 Å². The number of aromatic nitrogens is 3. The van der Waals surface area contributed by atoms with Gasteiger partial charge in [0.2, 0.25) is 0 Å². The Hall–Kier alpha value is -2.41. The molecule has 1 aromatic heterocycles. The number of aliphatic carboxylic acids is 1. The van der Waals surface area contributed by atoms with Crippen LogP contribution in [0.5, 0.6) is 0 Å². The number of alkyl halides is 3. The second-order valence-corrected chi connectivity index (χ2v) is 8.83. The molecule has 3 heterocycles. The number of urea groups is 1. The standard InChI is InChI=1S/C18H32N6O2.C2HF3O2/c1-3-19-17(26)23-9-5-16(6-10-23)24-12-15(20-21-24)11-22-8-4-7-18(2,13-22)14-25;3-2(4,5)1(6)7/h12,16,25H,3-11,13-14H2,1-2H3,(H,19,26);(H,6,7). The summed E-state index contributed by atoms with van der Waals surface area (Å²) >= 11 is 0. The number of carbonyl (C=O) groups is 2. The average molecular weight is 479 g/mol. The molecule has 2 amide bonds. The van der Waals surface area contributed by atoms with Crippen LogP contribution < -0.4 is 5.32 Å². The van der Waals surface area contributed by atoms with E-state index in [-0.39, 0.29) is 18.1 Å². The van der Waals surface area contributed by atoms with Gasteiger partial charge in [0.25, 0.3) is 0 Å². The molecule has 33 heavy (non-hydrogen) atoms. The van der Waals surface area contributed by atoms with Crippen LogP contribution >= 0.6 is 0 Å². The van der Waals surface area contributed by atoms with Crippen LogP contribution in [0.4, 0.5) is 18.0 Å². The number of nitrogens with one attached hydrogen (secondary N) is 1. The third kappa shape index (κ3) is 8.14. The van der Waals surface area contributed by atoms with E-state index < -0.39 is 12.1 Å². The number of amides is 2. The van der Waals surface area contributed by atoms with Gasteiger partial charge in [-0.2, -0.15) is 13.2 Å². The van der Waals surface area contributed by atoms with Gasteiger partial charge in [-0.3, -0.25) is 4.90 Å². The summed E-state index contributed by atoms with van der Waals surface area (Å²) in [4.78, 5) is 25.0. The number of hydrogen-bond donors (Lipinski definition) is 3. The number of carboxylic acid groups (broad SMARTS) is 1. The lowest BCUT2D eigenvalue weighted by Crippen LogP contribution is -2.44. The van der Waals surface area contributed by atoms with Crippen molar-refractivity contribution in [1.82, 2.24) is 30.1 Å². The monoisotopic (exact) mass is 478 g/mol. The van der Waals surface area contributed by atoms with Crippen molar-refractivity contribution in [2.75, 3.05) is 39.3 Å². The maximum Gasteiger partial charge on any atom is 0.490 e. The summed E-state index contributed by atoms with van der Waals surface area (Å²) in [5.41, 5.74) is 0.985. The van der Waals surface area contributed by atoms with Gasteiger partial charge < -0.3 is 20.4 Å². The maximum absolute atomic E-state index is 11.9. The first kappa shape index (κ1) is 26.8. The SMILES string of the molecule is CCNC(=O)N1CCC(n2cc(CN3CCCC(C)(CO)C3)nn2)CC1.O=C(O)C(F)(F)F. The molecule has 1 aromatic rings. The number of aliphatic hydroxyl groups excluding tert-OH is 1. The molecular formula is C20H33F3N6O4. The minimum atomic E-state index is -5.08. The molecule has 0 aliphatic carbocycles. The van der Waals surface area contributed by atoms with Crippen LogP contribution in [0.25, 0.3) is 0 Å². The van der Waals surface area contributed by atoms with Crippen molar-refractivity contribution < 1.29 is 33.0 Å². The summed E-state index contributed by atoms with van der Waals surface area (Å²) in [6.07, 6.45) is 0.982. The smallest absolute Gasteiger partial charge is 0.475 e. The predicted octanol–water partition coefficient (Wildman–Crippen LogP) is 1.87. The lowest BCUT2D eigenvalue weighted by molar-refractivity contribution is -0.192. The zero-order chi connectivity index (χ0) is 24.6. The Morgan fingerprint density at radius 2 is 1.91 bits per heavy atom. The summed E-state index contributed by atoms with van der Waals surface area (Å²) in [7, 11) is 0. The quantitative estimate of drug-likeness (QED) is 0.590. The van der Waals surface area contributed by atoms with E-state index >= 15 is 0 Å². The fraction of sp³-hybridized carbons (Fsp3) is 0.800. The third-order valence-electron chi connectivity index (χ3n) is 5.88. The molecule has 3 rings (SSSR count). The molecule has 2 fully saturated rings. The molecule has 0 aromatic carbocycles. The van der Waals surface area contributed by atoms with Gasteiger partial charge >= 0.3 is 18.2 Å². The predicted molar refractivity (Wildman–Crippen MR) is 112 cm³/mol. The lowest BCUT2D eigenvalue weighted by Gasteiger charge is -2.38.